The van der Waals surface area contributed by atoms with Crippen molar-refractivity contribution in [3.8, 4) is 0 Å². The molecule has 0 aromatic heterocycles. The molecule has 0 radical (unpaired) electrons. The number of hydrogen-bond acceptors (Lipinski definition) is 3. The summed E-state index contributed by atoms with van der Waals surface area (Å²) in [5, 5.41) is 2.00. The van der Waals surface area contributed by atoms with Gasteiger partial charge in [-0.1, -0.05) is 74.0 Å². The second kappa shape index (κ2) is 10.2. The summed E-state index contributed by atoms with van der Waals surface area (Å²) in [7, 11) is 0. The molecule has 2 amide bonds. The number of halogens is 1. The fourth-order valence-electron chi connectivity index (χ4n) is 3.91. The van der Waals surface area contributed by atoms with Crippen molar-refractivity contribution in [3.05, 3.63) is 95.6 Å². The van der Waals surface area contributed by atoms with Crippen molar-refractivity contribution in [1.82, 2.24) is 0 Å². The Bertz CT molecular complexity index is 1110. The molecule has 32 heavy (non-hydrogen) atoms. The molecule has 0 aliphatic carbocycles. The number of alkyl halides is 1. The van der Waals surface area contributed by atoms with Crippen LogP contribution < -0.4 is 10.2 Å². The van der Waals surface area contributed by atoms with Gasteiger partial charge in [-0.05, 0) is 41.3 Å². The first-order valence-corrected chi connectivity index (χ1v) is 12.2. The summed E-state index contributed by atoms with van der Waals surface area (Å²) in [4.78, 5) is 27.4. The van der Waals surface area contributed by atoms with Crippen LogP contribution >= 0.6 is 23.4 Å². The van der Waals surface area contributed by atoms with Crippen LogP contribution in [0.2, 0.25) is 0 Å². The predicted molar refractivity (Wildman–Crippen MR) is 133 cm³/mol. The normalized spacial score (nSPS) is 16.8. The molecule has 0 bridgehead atoms. The topological polar surface area (TPSA) is 49.4 Å². The third-order valence-electron chi connectivity index (χ3n) is 5.40. The third-order valence-corrected chi connectivity index (χ3v) is 7.06. The highest BCUT2D eigenvalue weighted by Crippen LogP contribution is 2.43. The summed E-state index contributed by atoms with van der Waals surface area (Å²) < 4.78 is 0. The molecule has 1 fully saturated rings. The van der Waals surface area contributed by atoms with Crippen molar-refractivity contribution in [2.45, 2.75) is 30.5 Å². The number of rotatable bonds is 7. The maximum Gasteiger partial charge on any atom is 0.246 e. The number of carbonyl (C=O) groups is 2. The second-order valence-electron chi connectivity index (χ2n) is 7.69. The maximum atomic E-state index is 12.8. The predicted octanol–water partition coefficient (Wildman–Crippen LogP) is 6.34. The Morgan fingerprint density at radius 3 is 2.62 bits per heavy atom. The highest BCUT2D eigenvalue weighted by Gasteiger charge is 2.35. The number of nitrogens with one attached hydrogen (secondary N) is 1. The summed E-state index contributed by atoms with van der Waals surface area (Å²) in [5.41, 5.74) is 4.52. The van der Waals surface area contributed by atoms with E-state index in [0.29, 0.717) is 11.4 Å². The first kappa shape index (κ1) is 22.4. The molecule has 6 heteroatoms. The minimum Gasteiger partial charge on any atom is -0.324 e. The van der Waals surface area contributed by atoms with E-state index in [-0.39, 0.29) is 17.2 Å². The Morgan fingerprint density at radius 1 is 1.09 bits per heavy atom. The SMILES string of the molecule is CCCc1ccccc1N1C(=O)CSC1c1cccc(NC(=O)C(Cl)c2ccccc2)c1. The van der Waals surface area contributed by atoms with Crippen LogP contribution in [0.4, 0.5) is 11.4 Å². The minimum absolute atomic E-state index is 0.0999. The molecule has 164 valence electrons. The molecular weight excluding hydrogens is 440 g/mol. The molecule has 2 atom stereocenters. The van der Waals surface area contributed by atoms with Crippen molar-refractivity contribution in [3.63, 3.8) is 0 Å². The van der Waals surface area contributed by atoms with Crippen LogP contribution in [-0.2, 0) is 16.0 Å². The number of nitrogens with zero attached hydrogens (tertiary/aromatic N) is 1. The minimum atomic E-state index is -0.778. The van der Waals surface area contributed by atoms with Gasteiger partial charge in [0.25, 0.3) is 0 Å². The summed E-state index contributed by atoms with van der Waals surface area (Å²) in [6.45, 7) is 2.14. The number of amides is 2. The lowest BCUT2D eigenvalue weighted by Crippen LogP contribution is -2.29. The van der Waals surface area contributed by atoms with Gasteiger partial charge < -0.3 is 5.32 Å². The average molecular weight is 465 g/mol. The highest BCUT2D eigenvalue weighted by molar-refractivity contribution is 8.00. The fourth-order valence-corrected chi connectivity index (χ4v) is 5.27. The van der Waals surface area contributed by atoms with Gasteiger partial charge in [-0.15, -0.1) is 23.4 Å². The smallest absolute Gasteiger partial charge is 0.246 e. The van der Waals surface area contributed by atoms with Gasteiger partial charge in [0.2, 0.25) is 11.8 Å². The molecule has 1 heterocycles. The Hall–Kier alpha value is -2.76. The van der Waals surface area contributed by atoms with Crippen LogP contribution in [0, 0.1) is 0 Å². The average Bonchev–Trinajstić information content (AvgIpc) is 3.21. The Labute approximate surface area is 198 Å². The lowest BCUT2D eigenvalue weighted by molar-refractivity contribution is -0.116. The van der Waals surface area contributed by atoms with Gasteiger partial charge in [0.15, 0.2) is 0 Å². The van der Waals surface area contributed by atoms with E-state index in [4.69, 9.17) is 11.6 Å². The summed E-state index contributed by atoms with van der Waals surface area (Å²) in [6.07, 6.45) is 1.93. The lowest BCUT2D eigenvalue weighted by Gasteiger charge is -2.27. The third kappa shape index (κ3) is 4.84. The first-order valence-electron chi connectivity index (χ1n) is 10.7. The van der Waals surface area contributed by atoms with Crippen molar-refractivity contribution >= 4 is 46.6 Å². The van der Waals surface area contributed by atoms with Crippen LogP contribution in [0.25, 0.3) is 0 Å². The van der Waals surface area contributed by atoms with Crippen molar-refractivity contribution in [1.29, 1.82) is 0 Å². The Balaban J connectivity index is 1.57. The number of benzene rings is 3. The van der Waals surface area contributed by atoms with Gasteiger partial charge in [-0.25, -0.2) is 0 Å². The number of aryl methyl sites for hydroxylation is 1. The van der Waals surface area contributed by atoms with Crippen molar-refractivity contribution in [2.75, 3.05) is 16.0 Å². The van der Waals surface area contributed by atoms with E-state index >= 15 is 0 Å². The monoisotopic (exact) mass is 464 g/mol. The lowest BCUT2D eigenvalue weighted by atomic mass is 10.1. The zero-order valence-corrected chi connectivity index (χ0v) is 19.4. The van der Waals surface area contributed by atoms with Crippen molar-refractivity contribution in [2.24, 2.45) is 0 Å². The number of carbonyl (C=O) groups excluding carboxylic acids is 2. The highest BCUT2D eigenvalue weighted by atomic mass is 35.5. The molecule has 4 nitrogen and oxygen atoms in total. The van der Waals surface area contributed by atoms with Gasteiger partial charge in [0.05, 0.1) is 5.75 Å². The number of thioether (sulfide) groups is 1. The zero-order chi connectivity index (χ0) is 22.5. The van der Waals surface area contributed by atoms with Crippen LogP contribution in [0.15, 0.2) is 78.9 Å². The van der Waals surface area contributed by atoms with Gasteiger partial charge in [0.1, 0.15) is 10.8 Å². The number of hydrogen-bond donors (Lipinski definition) is 1. The standard InChI is InChI=1S/C26H25ClN2O2S/c1-2-9-18-10-6-7-15-22(18)29-23(30)17-32-26(29)20-13-8-14-21(16-20)28-25(31)24(27)19-11-4-3-5-12-19/h3-8,10-16,24,26H,2,9,17H2,1H3,(H,28,31). The quantitative estimate of drug-likeness (QED) is 0.415. The first-order chi connectivity index (χ1) is 15.6. The van der Waals surface area contributed by atoms with Crippen LogP contribution in [0.5, 0.6) is 0 Å². The van der Waals surface area contributed by atoms with Gasteiger partial charge in [-0.2, -0.15) is 0 Å². The maximum absolute atomic E-state index is 12.8. The van der Waals surface area contributed by atoms with E-state index in [1.165, 1.54) is 5.56 Å². The molecule has 1 aliphatic rings. The summed E-state index contributed by atoms with van der Waals surface area (Å²) in [6, 6.07) is 25.0. The summed E-state index contributed by atoms with van der Waals surface area (Å²) >= 11 is 7.98. The van der Waals surface area contributed by atoms with E-state index in [1.54, 1.807) is 11.8 Å². The van der Waals surface area contributed by atoms with E-state index < -0.39 is 5.38 Å². The molecule has 3 aromatic rings. The van der Waals surface area contributed by atoms with Crippen LogP contribution in [-0.4, -0.2) is 17.6 Å². The van der Waals surface area contributed by atoms with Crippen LogP contribution in [0.1, 0.15) is 40.8 Å². The van der Waals surface area contributed by atoms with E-state index in [2.05, 4.69) is 18.3 Å². The molecule has 3 aromatic carbocycles. The zero-order valence-electron chi connectivity index (χ0n) is 17.8. The molecule has 0 saturated carbocycles. The second-order valence-corrected chi connectivity index (χ2v) is 9.20. The van der Waals surface area contributed by atoms with E-state index in [9.17, 15) is 9.59 Å². The number of anilines is 2. The largest absolute Gasteiger partial charge is 0.324 e. The molecule has 2 unspecified atom stereocenters. The fraction of sp³-hybridized carbons (Fsp3) is 0.231. The molecule has 1 saturated heterocycles. The molecule has 4 rings (SSSR count). The van der Waals surface area contributed by atoms with Crippen LogP contribution in [0.3, 0.4) is 0 Å². The molecular formula is C26H25ClN2O2S. The van der Waals surface area contributed by atoms with E-state index in [1.807, 2.05) is 77.7 Å². The Kier molecular flexibility index (Phi) is 7.18. The Morgan fingerprint density at radius 2 is 1.84 bits per heavy atom. The van der Waals surface area contributed by atoms with Gasteiger partial charge in [-0.3, -0.25) is 14.5 Å². The van der Waals surface area contributed by atoms with Gasteiger partial charge in [0, 0.05) is 11.4 Å². The van der Waals surface area contributed by atoms with E-state index in [0.717, 1.165) is 29.7 Å². The summed E-state index contributed by atoms with van der Waals surface area (Å²) in [5.74, 6) is 0.248. The number of para-hydroxylation sites is 1. The van der Waals surface area contributed by atoms with Gasteiger partial charge >= 0.3 is 0 Å². The molecule has 0 spiro atoms. The molecule has 1 N–H and O–H groups in total. The van der Waals surface area contributed by atoms with Crippen molar-refractivity contribution < 1.29 is 9.59 Å². The molecule has 1 aliphatic heterocycles.